The maximum absolute atomic E-state index is 14.1. The second-order valence-electron chi connectivity index (χ2n) is 5.55. The molecule has 0 spiro atoms. The van der Waals surface area contributed by atoms with Gasteiger partial charge in [-0.3, -0.25) is 4.90 Å². The van der Waals surface area contributed by atoms with Crippen molar-refractivity contribution >= 4 is 22.9 Å². The van der Waals surface area contributed by atoms with E-state index in [9.17, 15) is 4.39 Å². The summed E-state index contributed by atoms with van der Waals surface area (Å²) in [5, 5.41) is 2.86. The number of halogens is 2. The number of thiazole rings is 1. The minimum absolute atomic E-state index is 0.132. The van der Waals surface area contributed by atoms with Crippen molar-refractivity contribution in [1.82, 2.24) is 9.88 Å². The normalized spacial score (nSPS) is 19.3. The number of hydrogen-bond acceptors (Lipinski definition) is 3. The fourth-order valence-electron chi connectivity index (χ4n) is 2.78. The van der Waals surface area contributed by atoms with Crippen molar-refractivity contribution in [2.75, 3.05) is 6.54 Å². The summed E-state index contributed by atoms with van der Waals surface area (Å²) in [5.41, 5.74) is 2.60. The Labute approximate surface area is 133 Å². The van der Waals surface area contributed by atoms with Gasteiger partial charge in [-0.1, -0.05) is 0 Å². The van der Waals surface area contributed by atoms with Crippen molar-refractivity contribution in [3.63, 3.8) is 0 Å². The molecule has 2 aromatic rings. The summed E-state index contributed by atoms with van der Waals surface area (Å²) in [5.74, 6) is 0.280. The van der Waals surface area contributed by atoms with Gasteiger partial charge in [0.15, 0.2) is 0 Å². The topological polar surface area (TPSA) is 16.1 Å². The Kier molecular flexibility index (Phi) is 4.57. The first kappa shape index (κ1) is 14.9. The number of likely N-dealkylation sites (tertiary alicyclic amines) is 1. The van der Waals surface area contributed by atoms with Gasteiger partial charge in [0.1, 0.15) is 10.8 Å². The summed E-state index contributed by atoms with van der Waals surface area (Å²) in [6.45, 7) is 3.94. The molecule has 1 aromatic carbocycles. The van der Waals surface area contributed by atoms with Crippen LogP contribution in [0.2, 0.25) is 0 Å². The van der Waals surface area contributed by atoms with Crippen LogP contribution < -0.4 is 0 Å². The van der Waals surface area contributed by atoms with Crippen molar-refractivity contribution in [2.45, 2.75) is 38.2 Å². The molecule has 3 rings (SSSR count). The Bertz CT molecular complexity index is 628. The number of nitrogens with zero attached hydrogens (tertiary/aromatic N) is 2. The molecule has 112 valence electrons. The van der Waals surface area contributed by atoms with Crippen molar-refractivity contribution < 1.29 is 4.39 Å². The number of benzene rings is 1. The zero-order valence-electron chi connectivity index (χ0n) is 12.0. The molecular formula is C16H18ClFN2S. The molecule has 1 aromatic heterocycles. The summed E-state index contributed by atoms with van der Waals surface area (Å²) >= 11 is 7.34. The molecule has 1 saturated heterocycles. The van der Waals surface area contributed by atoms with Crippen molar-refractivity contribution in [3.8, 4) is 10.6 Å². The van der Waals surface area contributed by atoms with Gasteiger partial charge in [0, 0.05) is 29.1 Å². The molecule has 0 N–H and O–H groups in total. The Hall–Kier alpha value is -0.970. The van der Waals surface area contributed by atoms with Crippen molar-refractivity contribution in [2.24, 2.45) is 0 Å². The number of aromatic nitrogens is 1. The van der Waals surface area contributed by atoms with Crippen LogP contribution in [0.25, 0.3) is 10.6 Å². The van der Waals surface area contributed by atoms with E-state index in [4.69, 9.17) is 11.6 Å². The SMILES string of the molecule is CC1CCCN1Cc1cc(-c2nc(CCl)cs2)ccc1F. The van der Waals surface area contributed by atoms with Gasteiger partial charge in [-0.05, 0) is 44.5 Å². The van der Waals surface area contributed by atoms with E-state index in [1.807, 2.05) is 11.4 Å². The molecule has 1 aliphatic rings. The molecule has 0 bridgehead atoms. The second-order valence-corrected chi connectivity index (χ2v) is 6.67. The van der Waals surface area contributed by atoms with Gasteiger partial charge in [0.25, 0.3) is 0 Å². The highest BCUT2D eigenvalue weighted by Gasteiger charge is 2.21. The van der Waals surface area contributed by atoms with Crippen LogP contribution in [0.4, 0.5) is 4.39 Å². The third kappa shape index (κ3) is 3.28. The highest BCUT2D eigenvalue weighted by molar-refractivity contribution is 7.13. The summed E-state index contributed by atoms with van der Waals surface area (Å²) in [7, 11) is 0. The lowest BCUT2D eigenvalue weighted by Crippen LogP contribution is -2.26. The van der Waals surface area contributed by atoms with Gasteiger partial charge in [-0.25, -0.2) is 9.37 Å². The number of rotatable bonds is 4. The third-order valence-corrected chi connectivity index (χ3v) is 5.26. The average Bonchev–Trinajstić information content (AvgIpc) is 3.11. The van der Waals surface area contributed by atoms with Crippen molar-refractivity contribution in [3.05, 3.63) is 40.7 Å². The van der Waals surface area contributed by atoms with E-state index in [1.54, 1.807) is 23.5 Å². The van der Waals surface area contributed by atoms with Crippen LogP contribution >= 0.6 is 22.9 Å². The van der Waals surface area contributed by atoms with Crippen LogP contribution in [0.15, 0.2) is 23.6 Å². The summed E-state index contributed by atoms with van der Waals surface area (Å²) in [4.78, 5) is 6.81. The highest BCUT2D eigenvalue weighted by atomic mass is 35.5. The van der Waals surface area contributed by atoms with E-state index in [1.165, 1.54) is 12.8 Å². The Morgan fingerprint density at radius 3 is 3.00 bits per heavy atom. The molecule has 5 heteroatoms. The number of alkyl halides is 1. The summed E-state index contributed by atoms with van der Waals surface area (Å²) in [6.07, 6.45) is 2.40. The minimum atomic E-state index is -0.132. The smallest absolute Gasteiger partial charge is 0.127 e. The maximum atomic E-state index is 14.1. The van der Waals surface area contributed by atoms with Crippen LogP contribution in [-0.4, -0.2) is 22.5 Å². The molecule has 2 nitrogen and oxygen atoms in total. The van der Waals surface area contributed by atoms with Crippen LogP contribution in [0, 0.1) is 5.82 Å². The fourth-order valence-corrected chi connectivity index (χ4v) is 3.82. The lowest BCUT2D eigenvalue weighted by atomic mass is 10.1. The minimum Gasteiger partial charge on any atom is -0.296 e. The first-order chi connectivity index (χ1) is 10.2. The molecule has 0 radical (unpaired) electrons. The summed E-state index contributed by atoms with van der Waals surface area (Å²) < 4.78 is 14.1. The van der Waals surface area contributed by atoms with E-state index in [-0.39, 0.29) is 5.82 Å². The number of hydrogen-bond donors (Lipinski definition) is 0. The van der Waals surface area contributed by atoms with Gasteiger partial charge in [0.2, 0.25) is 0 Å². The van der Waals surface area contributed by atoms with E-state index >= 15 is 0 Å². The molecule has 0 saturated carbocycles. The monoisotopic (exact) mass is 324 g/mol. The predicted octanol–water partition coefficient (Wildman–Crippen LogP) is 4.67. The van der Waals surface area contributed by atoms with E-state index in [2.05, 4.69) is 16.8 Å². The third-order valence-electron chi connectivity index (χ3n) is 4.05. The Balaban J connectivity index is 1.85. The zero-order valence-corrected chi connectivity index (χ0v) is 13.6. The molecule has 0 amide bonds. The van der Waals surface area contributed by atoms with Crippen LogP contribution in [-0.2, 0) is 12.4 Å². The molecule has 1 unspecified atom stereocenters. The lowest BCUT2D eigenvalue weighted by Gasteiger charge is -2.21. The Morgan fingerprint density at radius 2 is 2.33 bits per heavy atom. The van der Waals surface area contributed by atoms with Gasteiger partial charge in [0.05, 0.1) is 11.6 Å². The molecule has 1 fully saturated rings. The van der Waals surface area contributed by atoms with Gasteiger partial charge < -0.3 is 0 Å². The fraction of sp³-hybridized carbons (Fsp3) is 0.438. The van der Waals surface area contributed by atoms with Gasteiger partial charge in [-0.15, -0.1) is 22.9 Å². The first-order valence-electron chi connectivity index (χ1n) is 7.20. The molecule has 2 heterocycles. The quantitative estimate of drug-likeness (QED) is 0.760. The van der Waals surface area contributed by atoms with Gasteiger partial charge in [-0.2, -0.15) is 0 Å². The van der Waals surface area contributed by atoms with E-state index in [0.717, 1.165) is 28.4 Å². The lowest BCUT2D eigenvalue weighted by molar-refractivity contribution is 0.257. The molecule has 1 aliphatic heterocycles. The van der Waals surface area contributed by atoms with Crippen LogP contribution in [0.1, 0.15) is 31.0 Å². The zero-order chi connectivity index (χ0) is 14.8. The molecule has 0 aliphatic carbocycles. The molecular weight excluding hydrogens is 307 g/mol. The predicted molar refractivity (Wildman–Crippen MR) is 86.2 cm³/mol. The standard InChI is InChI=1S/C16H18ClFN2S/c1-11-3-2-6-20(11)9-13-7-12(4-5-15(13)18)16-19-14(8-17)10-21-16/h4-5,7,10-11H,2-3,6,8-9H2,1H3. The van der Waals surface area contributed by atoms with Crippen LogP contribution in [0.3, 0.4) is 0 Å². The van der Waals surface area contributed by atoms with Gasteiger partial charge >= 0.3 is 0 Å². The second kappa shape index (κ2) is 6.42. The largest absolute Gasteiger partial charge is 0.296 e. The molecule has 1 atom stereocenters. The van der Waals surface area contributed by atoms with Crippen molar-refractivity contribution in [1.29, 1.82) is 0 Å². The molecule has 21 heavy (non-hydrogen) atoms. The highest BCUT2D eigenvalue weighted by Crippen LogP contribution is 2.28. The Morgan fingerprint density at radius 1 is 1.48 bits per heavy atom. The summed E-state index contributed by atoms with van der Waals surface area (Å²) in [6, 6.07) is 5.81. The van der Waals surface area contributed by atoms with E-state index < -0.39 is 0 Å². The first-order valence-corrected chi connectivity index (χ1v) is 8.62. The average molecular weight is 325 g/mol. The van der Waals surface area contributed by atoms with Crippen LogP contribution in [0.5, 0.6) is 0 Å². The maximum Gasteiger partial charge on any atom is 0.127 e. The van der Waals surface area contributed by atoms with E-state index in [0.29, 0.717) is 18.5 Å².